The first-order valence-electron chi connectivity index (χ1n) is 15.9. The molecular weight excluding hydrogens is 718 g/mol. The lowest BCUT2D eigenvalue weighted by Gasteiger charge is -2.18. The highest BCUT2D eigenvalue weighted by atomic mass is 35.5. The van der Waals surface area contributed by atoms with Crippen molar-refractivity contribution in [3.63, 3.8) is 0 Å². The first-order valence-corrected chi connectivity index (χ1v) is 17.2. The Labute approximate surface area is 314 Å². The highest BCUT2D eigenvalue weighted by Crippen LogP contribution is 2.38. The predicted octanol–water partition coefficient (Wildman–Crippen LogP) is 7.95. The molecule has 0 aliphatic carbocycles. The van der Waals surface area contributed by atoms with Gasteiger partial charge in [-0.05, 0) is 66.2 Å². The summed E-state index contributed by atoms with van der Waals surface area (Å²) < 4.78 is 16.4. The number of carbonyl (C=O) groups excluding carboxylic acids is 3. The number of benzene rings is 5. The maximum absolute atomic E-state index is 13.9. The number of thioether (sulfide) groups is 1. The number of carbonyl (C=O) groups is 4. The molecule has 13 heteroatoms. The highest BCUT2D eigenvalue weighted by molar-refractivity contribution is 8.00. The molecule has 4 N–H and O–H groups in total. The Kier molecular flexibility index (Phi) is 12.8. The molecule has 5 aromatic rings. The van der Waals surface area contributed by atoms with Gasteiger partial charge in [0.1, 0.15) is 16.7 Å². The van der Waals surface area contributed by atoms with Crippen LogP contribution in [0.2, 0.25) is 5.02 Å². The third-order valence-electron chi connectivity index (χ3n) is 7.72. The smallest absolute Gasteiger partial charge is 0.337 e. The SMILES string of the molecule is COc1cc(OC)c(OC)cc1/C=C(/NC(=O)c1ccccc1)C(=O)Nc1cccc(SC(C(=O)Nc2ccc(Cl)c(C(=O)O)c2)c2ccccc2)c1. The Morgan fingerprint density at radius 1 is 0.717 bits per heavy atom. The number of rotatable bonds is 14. The lowest BCUT2D eigenvalue weighted by molar-refractivity contribution is -0.116. The summed E-state index contributed by atoms with van der Waals surface area (Å²) in [4.78, 5) is 53.2. The number of aromatic carboxylic acids is 1. The normalized spacial score (nSPS) is 11.5. The summed E-state index contributed by atoms with van der Waals surface area (Å²) in [6.07, 6.45) is 1.47. The van der Waals surface area contributed by atoms with E-state index >= 15 is 0 Å². The molecular formula is C40H34ClN3O8S. The summed E-state index contributed by atoms with van der Waals surface area (Å²) in [5.74, 6) is -1.62. The Morgan fingerprint density at radius 2 is 1.36 bits per heavy atom. The summed E-state index contributed by atoms with van der Waals surface area (Å²) in [6, 6.07) is 31.9. The van der Waals surface area contributed by atoms with Crippen molar-refractivity contribution >= 4 is 64.5 Å². The summed E-state index contributed by atoms with van der Waals surface area (Å²) in [7, 11) is 4.44. The van der Waals surface area contributed by atoms with Gasteiger partial charge in [-0.25, -0.2) is 4.79 Å². The molecule has 0 spiro atoms. The predicted molar refractivity (Wildman–Crippen MR) is 205 cm³/mol. The van der Waals surface area contributed by atoms with E-state index in [1.54, 1.807) is 66.7 Å². The van der Waals surface area contributed by atoms with Gasteiger partial charge in [0, 0.05) is 33.5 Å². The topological polar surface area (TPSA) is 152 Å². The average molecular weight is 752 g/mol. The number of halogens is 1. The van der Waals surface area contributed by atoms with E-state index in [0.717, 1.165) is 0 Å². The van der Waals surface area contributed by atoms with Gasteiger partial charge in [0.25, 0.3) is 11.8 Å². The second-order valence-electron chi connectivity index (χ2n) is 11.2. The van der Waals surface area contributed by atoms with Crippen LogP contribution >= 0.6 is 23.4 Å². The van der Waals surface area contributed by atoms with Crippen molar-refractivity contribution in [2.45, 2.75) is 10.1 Å². The minimum atomic E-state index is -1.22. The molecule has 0 saturated heterocycles. The van der Waals surface area contributed by atoms with Crippen LogP contribution in [0.4, 0.5) is 11.4 Å². The van der Waals surface area contributed by atoms with Crippen LogP contribution in [0.3, 0.4) is 0 Å². The summed E-state index contributed by atoms with van der Waals surface area (Å²) in [5, 5.41) is 17.1. The van der Waals surface area contributed by atoms with Crippen molar-refractivity contribution in [2.75, 3.05) is 32.0 Å². The number of methoxy groups -OCH3 is 3. The van der Waals surface area contributed by atoms with Crippen molar-refractivity contribution < 1.29 is 38.5 Å². The number of hydrogen-bond donors (Lipinski definition) is 4. The first kappa shape index (κ1) is 38.0. The van der Waals surface area contributed by atoms with Crippen LogP contribution in [0.15, 0.2) is 126 Å². The molecule has 0 aromatic heterocycles. The van der Waals surface area contributed by atoms with Crippen LogP contribution in [-0.2, 0) is 9.59 Å². The van der Waals surface area contributed by atoms with Crippen LogP contribution < -0.4 is 30.2 Å². The molecule has 0 radical (unpaired) electrons. The summed E-state index contributed by atoms with van der Waals surface area (Å²) in [6.45, 7) is 0. The monoisotopic (exact) mass is 751 g/mol. The minimum Gasteiger partial charge on any atom is -0.496 e. The van der Waals surface area contributed by atoms with Crippen molar-refractivity contribution in [1.29, 1.82) is 0 Å². The van der Waals surface area contributed by atoms with Crippen molar-refractivity contribution in [3.8, 4) is 17.2 Å². The van der Waals surface area contributed by atoms with E-state index in [1.165, 1.54) is 57.4 Å². The first-order chi connectivity index (χ1) is 25.6. The highest BCUT2D eigenvalue weighted by Gasteiger charge is 2.24. The lowest BCUT2D eigenvalue weighted by atomic mass is 10.1. The zero-order valence-electron chi connectivity index (χ0n) is 28.7. The number of amides is 3. The molecule has 1 atom stereocenters. The summed E-state index contributed by atoms with van der Waals surface area (Å²) in [5.41, 5.74) is 1.88. The molecule has 53 heavy (non-hydrogen) atoms. The molecule has 1 unspecified atom stereocenters. The number of carboxylic acids is 1. The molecule has 0 heterocycles. The third-order valence-corrected chi connectivity index (χ3v) is 9.29. The molecule has 0 aliphatic heterocycles. The van der Waals surface area contributed by atoms with Gasteiger partial charge in [-0.2, -0.15) is 0 Å². The van der Waals surface area contributed by atoms with Gasteiger partial charge >= 0.3 is 5.97 Å². The van der Waals surface area contributed by atoms with Crippen molar-refractivity contribution in [1.82, 2.24) is 5.32 Å². The zero-order chi connectivity index (χ0) is 37.9. The summed E-state index contributed by atoms with van der Waals surface area (Å²) >= 11 is 7.25. The van der Waals surface area contributed by atoms with Crippen LogP contribution in [0, 0.1) is 0 Å². The van der Waals surface area contributed by atoms with Crippen LogP contribution in [0.25, 0.3) is 6.08 Å². The average Bonchev–Trinajstić information content (AvgIpc) is 3.17. The van der Waals surface area contributed by atoms with E-state index in [-0.39, 0.29) is 22.0 Å². The van der Waals surface area contributed by atoms with Gasteiger partial charge in [0.15, 0.2) is 11.5 Å². The second-order valence-corrected chi connectivity index (χ2v) is 12.8. The number of nitrogens with one attached hydrogen (secondary N) is 3. The van der Waals surface area contributed by atoms with Gasteiger partial charge in [0.05, 0.1) is 31.9 Å². The molecule has 0 aliphatic rings. The van der Waals surface area contributed by atoms with Crippen LogP contribution in [-0.4, -0.2) is 50.1 Å². The Hall–Kier alpha value is -6.24. The standard InChI is InChI=1S/C40H34ClN3O8S/c1-50-33-23-35(52-3)34(51-2)20-26(33)19-32(44-37(45)25-13-8-5-9-14-25)38(46)42-27-15-10-16-29(21-27)53-36(24-11-6-4-7-12-24)39(47)43-28-17-18-31(41)30(22-28)40(48)49/h4-23,36H,1-3H3,(H,42,46)(H,43,47)(H,44,45)(H,48,49)/b32-19+. The maximum Gasteiger partial charge on any atom is 0.337 e. The molecule has 270 valence electrons. The quantitative estimate of drug-likeness (QED) is 0.0655. The number of ether oxygens (including phenoxy) is 3. The van der Waals surface area contributed by atoms with Gasteiger partial charge < -0.3 is 35.3 Å². The van der Waals surface area contributed by atoms with Crippen molar-refractivity contribution in [3.05, 3.63) is 148 Å². The van der Waals surface area contributed by atoms with E-state index in [1.807, 2.05) is 30.3 Å². The van der Waals surface area contributed by atoms with Gasteiger partial charge in [-0.3, -0.25) is 14.4 Å². The van der Waals surface area contributed by atoms with E-state index in [4.69, 9.17) is 25.8 Å². The molecule has 5 rings (SSSR count). The van der Waals surface area contributed by atoms with Gasteiger partial charge in [0.2, 0.25) is 5.91 Å². The van der Waals surface area contributed by atoms with E-state index in [2.05, 4.69) is 16.0 Å². The molecule has 0 fully saturated rings. The van der Waals surface area contributed by atoms with Crippen LogP contribution in [0.5, 0.6) is 17.2 Å². The maximum atomic E-state index is 13.9. The third kappa shape index (κ3) is 9.76. The Bertz CT molecular complexity index is 2160. The molecule has 11 nitrogen and oxygen atoms in total. The Balaban J connectivity index is 1.44. The zero-order valence-corrected chi connectivity index (χ0v) is 30.3. The van der Waals surface area contributed by atoms with E-state index in [9.17, 15) is 24.3 Å². The minimum absolute atomic E-state index is 0.0452. The molecule has 0 bridgehead atoms. The molecule has 3 amide bonds. The van der Waals surface area contributed by atoms with Crippen LogP contribution in [0.1, 0.15) is 37.1 Å². The van der Waals surface area contributed by atoms with E-state index < -0.39 is 28.9 Å². The fraction of sp³-hybridized carbons (Fsp3) is 0.100. The Morgan fingerprint density at radius 3 is 2.02 bits per heavy atom. The van der Waals surface area contributed by atoms with E-state index in [0.29, 0.717) is 44.5 Å². The number of carboxylic acid groups (broad SMARTS) is 1. The van der Waals surface area contributed by atoms with Crippen molar-refractivity contribution in [2.24, 2.45) is 0 Å². The second kappa shape index (κ2) is 17.8. The number of anilines is 2. The van der Waals surface area contributed by atoms with Gasteiger partial charge in [-0.1, -0.05) is 66.2 Å². The lowest BCUT2D eigenvalue weighted by Crippen LogP contribution is -2.30. The fourth-order valence-corrected chi connectivity index (χ4v) is 6.40. The van der Waals surface area contributed by atoms with Gasteiger partial charge in [-0.15, -0.1) is 11.8 Å². The molecule has 5 aromatic carbocycles. The largest absolute Gasteiger partial charge is 0.496 e. The molecule has 0 saturated carbocycles. The fourth-order valence-electron chi connectivity index (χ4n) is 5.12. The number of hydrogen-bond acceptors (Lipinski definition) is 8.